The Balaban J connectivity index is 2.22. The Morgan fingerprint density at radius 1 is 1.36 bits per heavy atom. The number of amides is 1. The summed E-state index contributed by atoms with van der Waals surface area (Å²) >= 11 is 0. The van der Waals surface area contributed by atoms with Crippen LogP contribution in [-0.2, 0) is 11.3 Å². The number of carbonyl (C=O) groups is 1. The van der Waals surface area contributed by atoms with E-state index in [-0.39, 0.29) is 17.0 Å². The molecule has 4 heteroatoms. The molecule has 1 atom stereocenters. The molecule has 1 aromatic rings. The molecule has 0 aliphatic carbocycles. The third-order valence-electron chi connectivity index (χ3n) is 4.92. The second-order valence-corrected chi connectivity index (χ2v) is 12.1. The third-order valence-corrected chi connectivity index (χ3v) is 8.22. The number of hydrogen-bond acceptors (Lipinski definition) is 2. The first-order chi connectivity index (χ1) is 10.2. The van der Waals surface area contributed by atoms with E-state index < -0.39 is 8.07 Å². The molecule has 1 aliphatic heterocycles. The van der Waals surface area contributed by atoms with Gasteiger partial charge in [-0.1, -0.05) is 25.2 Å². The number of carbonyl (C=O) groups excluding carboxylic acids is 1. The molecular formula is C18H27NO2Si. The molecule has 120 valence electrons. The minimum Gasteiger partial charge on any atom is -0.497 e. The van der Waals surface area contributed by atoms with Crippen molar-refractivity contribution >= 4 is 14.0 Å². The molecule has 0 saturated carbocycles. The number of benzene rings is 1. The van der Waals surface area contributed by atoms with E-state index >= 15 is 0 Å². The zero-order valence-corrected chi connectivity index (χ0v) is 15.3. The topological polar surface area (TPSA) is 29.5 Å². The van der Waals surface area contributed by atoms with E-state index in [1.54, 1.807) is 7.11 Å². The van der Waals surface area contributed by atoms with E-state index in [1.807, 2.05) is 34.9 Å². The van der Waals surface area contributed by atoms with Crippen LogP contribution in [0.15, 0.2) is 36.5 Å². The number of rotatable bonds is 5. The molecule has 0 radical (unpaired) electrons. The first-order valence-electron chi connectivity index (χ1n) is 7.79. The molecule has 0 bridgehead atoms. The Morgan fingerprint density at radius 2 is 1.95 bits per heavy atom. The van der Waals surface area contributed by atoms with Crippen LogP contribution >= 0.6 is 0 Å². The van der Waals surface area contributed by atoms with Crippen molar-refractivity contribution in [3.05, 3.63) is 42.1 Å². The van der Waals surface area contributed by atoms with E-state index in [0.717, 1.165) is 17.7 Å². The summed E-state index contributed by atoms with van der Waals surface area (Å²) in [6.07, 6.45) is 0.924. The standard InChI is InChI=1S/C18H27NO2Si/c1-7-22(5,6)16-12-18(2,3)19(17(16)20)13-14-8-10-15(21-4)11-9-14/h7-11,16H,1,12-13H2,2-6H3. The summed E-state index contributed by atoms with van der Waals surface area (Å²) < 4.78 is 5.19. The van der Waals surface area contributed by atoms with E-state index in [0.29, 0.717) is 6.54 Å². The van der Waals surface area contributed by atoms with Gasteiger partial charge in [-0.25, -0.2) is 0 Å². The lowest BCUT2D eigenvalue weighted by Crippen LogP contribution is -2.41. The van der Waals surface area contributed by atoms with Crippen LogP contribution < -0.4 is 4.74 Å². The van der Waals surface area contributed by atoms with Crippen molar-refractivity contribution in [1.29, 1.82) is 0 Å². The lowest BCUT2D eigenvalue weighted by molar-refractivity contribution is -0.131. The molecule has 1 unspecified atom stereocenters. The van der Waals surface area contributed by atoms with Crippen LogP contribution in [0.3, 0.4) is 0 Å². The third kappa shape index (κ3) is 3.12. The van der Waals surface area contributed by atoms with Gasteiger partial charge in [-0.3, -0.25) is 4.79 Å². The molecule has 1 amide bonds. The van der Waals surface area contributed by atoms with Crippen LogP contribution in [0.4, 0.5) is 0 Å². The van der Waals surface area contributed by atoms with Gasteiger partial charge in [0, 0.05) is 17.6 Å². The SMILES string of the molecule is C=C[Si](C)(C)C1CC(C)(C)N(Cc2ccc(OC)cc2)C1=O. The molecule has 0 aromatic heterocycles. The second kappa shape index (κ2) is 5.92. The van der Waals surface area contributed by atoms with Gasteiger partial charge in [0.1, 0.15) is 5.75 Å². The van der Waals surface area contributed by atoms with Gasteiger partial charge in [-0.15, -0.1) is 12.3 Å². The lowest BCUT2D eigenvalue weighted by atomic mass is 10.0. The van der Waals surface area contributed by atoms with Crippen molar-refractivity contribution in [2.45, 2.75) is 51.0 Å². The van der Waals surface area contributed by atoms with Crippen LogP contribution in [0.2, 0.25) is 18.6 Å². The predicted molar refractivity (Wildman–Crippen MR) is 93.7 cm³/mol. The van der Waals surface area contributed by atoms with Gasteiger partial charge < -0.3 is 9.64 Å². The second-order valence-electron chi connectivity index (χ2n) is 7.37. The van der Waals surface area contributed by atoms with Gasteiger partial charge in [0.15, 0.2) is 0 Å². The lowest BCUT2D eigenvalue weighted by Gasteiger charge is -2.31. The van der Waals surface area contributed by atoms with Crippen molar-refractivity contribution in [3.8, 4) is 5.75 Å². The van der Waals surface area contributed by atoms with Gasteiger partial charge in [-0.2, -0.15) is 0 Å². The van der Waals surface area contributed by atoms with Gasteiger partial charge in [0.2, 0.25) is 5.91 Å². The van der Waals surface area contributed by atoms with Crippen LogP contribution in [0.25, 0.3) is 0 Å². The highest BCUT2D eigenvalue weighted by atomic mass is 28.3. The van der Waals surface area contributed by atoms with E-state index in [4.69, 9.17) is 4.74 Å². The molecule has 1 aliphatic rings. The molecule has 22 heavy (non-hydrogen) atoms. The highest BCUT2D eigenvalue weighted by Crippen LogP contribution is 2.43. The van der Waals surface area contributed by atoms with E-state index in [9.17, 15) is 4.79 Å². The van der Waals surface area contributed by atoms with Gasteiger partial charge in [0.25, 0.3) is 0 Å². The Bertz CT molecular complexity index is 563. The molecular weight excluding hydrogens is 290 g/mol. The fourth-order valence-corrected chi connectivity index (χ4v) is 5.21. The summed E-state index contributed by atoms with van der Waals surface area (Å²) in [6, 6.07) is 7.96. The summed E-state index contributed by atoms with van der Waals surface area (Å²) in [7, 11) is -0.0558. The van der Waals surface area contributed by atoms with Gasteiger partial charge in [-0.05, 0) is 38.0 Å². The maximum atomic E-state index is 12.9. The number of nitrogens with zero attached hydrogens (tertiary/aromatic N) is 1. The van der Waals surface area contributed by atoms with Gasteiger partial charge in [0.05, 0.1) is 15.2 Å². The maximum Gasteiger partial charge on any atom is 0.224 e. The molecule has 1 heterocycles. The molecule has 0 N–H and O–H groups in total. The van der Waals surface area contributed by atoms with Crippen LogP contribution in [-0.4, -0.2) is 31.5 Å². The normalized spacial score (nSPS) is 21.0. The van der Waals surface area contributed by atoms with Gasteiger partial charge >= 0.3 is 0 Å². The summed E-state index contributed by atoms with van der Waals surface area (Å²) in [5.74, 6) is 1.13. The molecule has 2 rings (SSSR count). The number of methoxy groups -OCH3 is 1. The van der Waals surface area contributed by atoms with E-state index in [1.165, 1.54) is 0 Å². The largest absolute Gasteiger partial charge is 0.497 e. The van der Waals surface area contributed by atoms with Crippen LogP contribution in [0.5, 0.6) is 5.75 Å². The average Bonchev–Trinajstić information content (AvgIpc) is 2.72. The number of ether oxygens (including phenoxy) is 1. The quantitative estimate of drug-likeness (QED) is 0.768. The Morgan fingerprint density at radius 3 is 2.45 bits per heavy atom. The zero-order valence-electron chi connectivity index (χ0n) is 14.3. The predicted octanol–water partition coefficient (Wildman–Crippen LogP) is 4.01. The zero-order chi connectivity index (χ0) is 16.5. The minimum absolute atomic E-state index is 0.102. The highest BCUT2D eigenvalue weighted by Gasteiger charge is 2.50. The summed E-state index contributed by atoms with van der Waals surface area (Å²) in [5, 5.41) is 0. The number of likely N-dealkylation sites (tertiary alicyclic amines) is 1. The maximum absolute atomic E-state index is 12.9. The summed E-state index contributed by atoms with van der Waals surface area (Å²) in [5.41, 5.74) is 3.22. The first-order valence-corrected chi connectivity index (χ1v) is 10.9. The van der Waals surface area contributed by atoms with Crippen molar-refractivity contribution in [2.75, 3.05) is 7.11 Å². The average molecular weight is 318 g/mol. The number of hydrogen-bond donors (Lipinski definition) is 0. The Labute approximate surface area is 135 Å². The fraction of sp³-hybridized carbons (Fsp3) is 0.500. The Hall–Kier alpha value is -1.55. The molecule has 1 saturated heterocycles. The summed E-state index contributed by atoms with van der Waals surface area (Å²) in [6.45, 7) is 13.4. The van der Waals surface area contributed by atoms with Crippen molar-refractivity contribution < 1.29 is 9.53 Å². The molecule has 1 aromatic carbocycles. The smallest absolute Gasteiger partial charge is 0.224 e. The van der Waals surface area contributed by atoms with E-state index in [2.05, 4.69) is 33.5 Å². The van der Waals surface area contributed by atoms with Crippen LogP contribution in [0.1, 0.15) is 25.8 Å². The fourth-order valence-electron chi connectivity index (χ4n) is 3.11. The minimum atomic E-state index is -1.72. The first kappa shape index (κ1) is 16.8. The Kier molecular flexibility index (Phi) is 4.52. The summed E-state index contributed by atoms with van der Waals surface area (Å²) in [4.78, 5) is 15.0. The van der Waals surface area contributed by atoms with Crippen molar-refractivity contribution in [1.82, 2.24) is 4.90 Å². The van der Waals surface area contributed by atoms with Crippen LogP contribution in [0, 0.1) is 0 Å². The molecule has 0 spiro atoms. The highest BCUT2D eigenvalue weighted by molar-refractivity contribution is 6.86. The molecule has 3 nitrogen and oxygen atoms in total. The monoisotopic (exact) mass is 317 g/mol. The van der Waals surface area contributed by atoms with Crippen molar-refractivity contribution in [2.24, 2.45) is 0 Å². The van der Waals surface area contributed by atoms with Crippen molar-refractivity contribution in [3.63, 3.8) is 0 Å². The molecule has 1 fully saturated rings.